The average Bonchev–Trinajstić information content (AvgIpc) is 2.44. The molecule has 2 atom stereocenters. The van der Waals surface area contributed by atoms with Gasteiger partial charge in [-0.3, -0.25) is 4.79 Å². The van der Waals surface area contributed by atoms with Crippen LogP contribution in [0.3, 0.4) is 0 Å². The second kappa shape index (κ2) is 5.41. The van der Waals surface area contributed by atoms with Crippen molar-refractivity contribution < 1.29 is 4.79 Å². The predicted molar refractivity (Wildman–Crippen MR) is 76.2 cm³/mol. The van der Waals surface area contributed by atoms with E-state index in [4.69, 9.17) is 5.73 Å². The minimum atomic E-state index is -0.0168. The van der Waals surface area contributed by atoms with Crippen molar-refractivity contribution in [1.29, 1.82) is 0 Å². The highest BCUT2D eigenvalue weighted by atomic mass is 79.9. The Bertz CT molecular complexity index is 461. The van der Waals surface area contributed by atoms with Gasteiger partial charge in [-0.2, -0.15) is 0 Å². The minimum absolute atomic E-state index is 0.0102. The summed E-state index contributed by atoms with van der Waals surface area (Å²) in [6, 6.07) is 6.21. The first-order valence-corrected chi connectivity index (χ1v) is 7.07. The summed E-state index contributed by atoms with van der Waals surface area (Å²) in [5.74, 6) is 0.185. The first kappa shape index (κ1) is 13.6. The van der Waals surface area contributed by atoms with Crippen molar-refractivity contribution in [3.8, 4) is 0 Å². The second-order valence-electron chi connectivity index (χ2n) is 5.01. The highest BCUT2D eigenvalue weighted by Gasteiger charge is 2.30. The van der Waals surface area contributed by atoms with E-state index in [1.54, 1.807) is 4.90 Å². The van der Waals surface area contributed by atoms with Gasteiger partial charge in [-0.05, 0) is 37.0 Å². The van der Waals surface area contributed by atoms with Gasteiger partial charge in [0.1, 0.15) is 0 Å². The van der Waals surface area contributed by atoms with Crippen molar-refractivity contribution in [1.82, 2.24) is 4.90 Å². The molecule has 1 aliphatic rings. The van der Waals surface area contributed by atoms with Gasteiger partial charge in [0.25, 0.3) is 0 Å². The van der Waals surface area contributed by atoms with Gasteiger partial charge in [-0.1, -0.05) is 28.1 Å². The lowest BCUT2D eigenvalue weighted by Gasteiger charge is -2.31. The van der Waals surface area contributed by atoms with E-state index in [1.165, 1.54) is 5.56 Å². The zero-order valence-electron chi connectivity index (χ0n) is 10.8. The predicted octanol–water partition coefficient (Wildman–Crippen LogP) is 2.77. The van der Waals surface area contributed by atoms with Crippen LogP contribution in [0.5, 0.6) is 0 Å². The van der Waals surface area contributed by atoms with Crippen molar-refractivity contribution >= 4 is 21.8 Å². The van der Waals surface area contributed by atoms with E-state index in [2.05, 4.69) is 41.1 Å². The summed E-state index contributed by atoms with van der Waals surface area (Å²) in [4.78, 5) is 13.8. The van der Waals surface area contributed by atoms with E-state index in [-0.39, 0.29) is 18.0 Å². The van der Waals surface area contributed by atoms with Crippen molar-refractivity contribution in [2.45, 2.75) is 38.3 Å². The highest BCUT2D eigenvalue weighted by Crippen LogP contribution is 2.31. The minimum Gasteiger partial charge on any atom is -0.337 e. The molecule has 2 N–H and O–H groups in total. The number of aryl methyl sites for hydroxylation is 1. The molecule has 1 amide bonds. The molecule has 1 aromatic rings. The molecule has 0 aliphatic carbocycles. The summed E-state index contributed by atoms with van der Waals surface area (Å²) < 4.78 is 1.07. The van der Waals surface area contributed by atoms with Crippen LogP contribution < -0.4 is 5.73 Å². The fraction of sp³-hybridized carbons (Fsp3) is 0.500. The maximum absolute atomic E-state index is 12.0. The van der Waals surface area contributed by atoms with Crippen LogP contribution in [0, 0.1) is 6.92 Å². The monoisotopic (exact) mass is 310 g/mol. The molecule has 1 aliphatic heterocycles. The summed E-state index contributed by atoms with van der Waals surface area (Å²) in [6.45, 7) is 2.05. The van der Waals surface area contributed by atoms with Crippen LogP contribution in [0.25, 0.3) is 0 Å². The summed E-state index contributed by atoms with van der Waals surface area (Å²) in [7, 11) is 1.85. The van der Waals surface area contributed by atoms with Crippen LogP contribution in [-0.4, -0.2) is 23.9 Å². The van der Waals surface area contributed by atoms with Crippen LogP contribution in [-0.2, 0) is 4.79 Å². The van der Waals surface area contributed by atoms with Gasteiger partial charge in [-0.15, -0.1) is 0 Å². The lowest BCUT2D eigenvalue weighted by Crippen LogP contribution is -2.39. The Morgan fingerprint density at radius 1 is 1.44 bits per heavy atom. The molecule has 0 radical (unpaired) electrons. The Hall–Kier alpha value is -0.870. The van der Waals surface area contributed by atoms with Crippen LogP contribution in [0.15, 0.2) is 22.7 Å². The number of nitrogens with zero attached hydrogens (tertiary/aromatic N) is 1. The number of carbonyl (C=O) groups excluding carboxylic acids is 1. The molecule has 2 unspecified atom stereocenters. The molecule has 98 valence electrons. The first-order chi connectivity index (χ1) is 8.50. The van der Waals surface area contributed by atoms with Crippen molar-refractivity contribution in [3.63, 3.8) is 0 Å². The molecule has 2 rings (SSSR count). The van der Waals surface area contributed by atoms with E-state index in [0.717, 1.165) is 22.9 Å². The number of likely N-dealkylation sites (tertiary alicyclic amines) is 1. The maximum Gasteiger partial charge on any atom is 0.222 e. The molecule has 4 heteroatoms. The van der Waals surface area contributed by atoms with E-state index >= 15 is 0 Å². The Kier molecular flexibility index (Phi) is 4.07. The van der Waals surface area contributed by atoms with Gasteiger partial charge in [0.15, 0.2) is 0 Å². The molecule has 0 saturated carbocycles. The number of benzene rings is 1. The maximum atomic E-state index is 12.0. The van der Waals surface area contributed by atoms with E-state index in [1.807, 2.05) is 7.05 Å². The molecule has 18 heavy (non-hydrogen) atoms. The Morgan fingerprint density at radius 3 is 2.83 bits per heavy atom. The SMILES string of the molecule is Cc1ccc(C2C(N)CCCC(=O)N2C)cc1Br. The second-order valence-corrected chi connectivity index (χ2v) is 5.87. The van der Waals surface area contributed by atoms with Crippen molar-refractivity contribution in [2.24, 2.45) is 5.73 Å². The van der Waals surface area contributed by atoms with Gasteiger partial charge in [0, 0.05) is 24.0 Å². The van der Waals surface area contributed by atoms with Crippen LogP contribution in [0.1, 0.15) is 36.4 Å². The molecule has 1 aromatic carbocycles. The largest absolute Gasteiger partial charge is 0.337 e. The molecular formula is C14H19BrN2O. The molecule has 1 saturated heterocycles. The lowest BCUT2D eigenvalue weighted by atomic mass is 9.96. The van der Waals surface area contributed by atoms with Crippen molar-refractivity contribution in [3.05, 3.63) is 33.8 Å². The smallest absolute Gasteiger partial charge is 0.222 e. The summed E-state index contributed by atoms with van der Waals surface area (Å²) >= 11 is 3.54. The first-order valence-electron chi connectivity index (χ1n) is 6.28. The van der Waals surface area contributed by atoms with E-state index in [0.29, 0.717) is 6.42 Å². The van der Waals surface area contributed by atoms with Gasteiger partial charge in [0.05, 0.1) is 6.04 Å². The quantitative estimate of drug-likeness (QED) is 0.867. The average molecular weight is 311 g/mol. The van der Waals surface area contributed by atoms with Gasteiger partial charge < -0.3 is 10.6 Å². The Balaban J connectivity index is 2.38. The fourth-order valence-corrected chi connectivity index (χ4v) is 2.93. The number of hydrogen-bond donors (Lipinski definition) is 1. The topological polar surface area (TPSA) is 46.3 Å². The number of hydrogen-bond acceptors (Lipinski definition) is 2. The van der Waals surface area contributed by atoms with Crippen LogP contribution >= 0.6 is 15.9 Å². The van der Waals surface area contributed by atoms with Gasteiger partial charge in [-0.25, -0.2) is 0 Å². The van der Waals surface area contributed by atoms with Gasteiger partial charge >= 0.3 is 0 Å². The summed E-state index contributed by atoms with van der Waals surface area (Å²) in [5, 5.41) is 0. The normalized spacial score (nSPS) is 25.1. The Labute approximate surface area is 116 Å². The molecule has 1 fully saturated rings. The number of likely N-dealkylation sites (N-methyl/N-ethyl adjacent to an activating group) is 1. The molecule has 3 nitrogen and oxygen atoms in total. The number of rotatable bonds is 1. The number of amides is 1. The molecular weight excluding hydrogens is 292 g/mol. The number of carbonyl (C=O) groups is 1. The summed E-state index contributed by atoms with van der Waals surface area (Å²) in [6.07, 6.45) is 2.38. The third-order valence-electron chi connectivity index (χ3n) is 3.68. The third kappa shape index (κ3) is 2.59. The fourth-order valence-electron chi connectivity index (χ4n) is 2.53. The van der Waals surface area contributed by atoms with E-state index < -0.39 is 0 Å². The zero-order valence-corrected chi connectivity index (χ0v) is 12.4. The summed E-state index contributed by atoms with van der Waals surface area (Å²) in [5.41, 5.74) is 8.54. The van der Waals surface area contributed by atoms with Crippen LogP contribution in [0.2, 0.25) is 0 Å². The molecule has 1 heterocycles. The highest BCUT2D eigenvalue weighted by molar-refractivity contribution is 9.10. The van der Waals surface area contributed by atoms with Crippen molar-refractivity contribution in [2.75, 3.05) is 7.05 Å². The molecule has 0 bridgehead atoms. The number of nitrogens with two attached hydrogens (primary N) is 1. The molecule has 0 spiro atoms. The van der Waals surface area contributed by atoms with Crippen LogP contribution in [0.4, 0.5) is 0 Å². The number of halogens is 1. The zero-order chi connectivity index (χ0) is 13.3. The standard InChI is InChI=1S/C14H19BrN2O/c1-9-6-7-10(8-11(9)15)14-12(16)4-3-5-13(18)17(14)2/h6-8,12,14H,3-5,16H2,1-2H3. The van der Waals surface area contributed by atoms with Gasteiger partial charge in [0.2, 0.25) is 5.91 Å². The molecule has 0 aromatic heterocycles. The lowest BCUT2D eigenvalue weighted by molar-refractivity contribution is -0.131. The third-order valence-corrected chi connectivity index (χ3v) is 4.54. The Morgan fingerprint density at radius 2 is 2.17 bits per heavy atom. The van der Waals surface area contributed by atoms with E-state index in [9.17, 15) is 4.79 Å².